The van der Waals surface area contributed by atoms with Crippen molar-refractivity contribution in [3.8, 4) is 11.5 Å². The van der Waals surface area contributed by atoms with Crippen molar-refractivity contribution >= 4 is 68.2 Å². The van der Waals surface area contributed by atoms with Crippen LogP contribution in [0.5, 0.6) is 11.5 Å². The van der Waals surface area contributed by atoms with Crippen molar-refractivity contribution in [1.82, 2.24) is 0 Å². The molecule has 0 aliphatic heterocycles. The molecule has 0 amide bonds. The van der Waals surface area contributed by atoms with Gasteiger partial charge >= 0.3 is 0 Å². The zero-order chi connectivity index (χ0) is 42.1. The number of anilines is 12. The predicted octanol–water partition coefficient (Wildman–Crippen LogP) is 15.6. The van der Waals surface area contributed by atoms with Crippen LogP contribution in [-0.2, 0) is 0 Å². The molecule has 0 fully saturated rings. The predicted molar refractivity (Wildman–Crippen MR) is 258 cm³/mol. The highest BCUT2D eigenvalue weighted by Crippen LogP contribution is 2.43. The van der Waals surface area contributed by atoms with Crippen molar-refractivity contribution in [1.29, 1.82) is 0 Å². The van der Waals surface area contributed by atoms with Gasteiger partial charge in [-0.25, -0.2) is 0 Å². The topological polar surface area (TPSA) is 31.4 Å². The first-order valence-corrected chi connectivity index (χ1v) is 20.7. The van der Waals surface area contributed by atoms with Crippen molar-refractivity contribution in [2.24, 2.45) is 0 Å². The molecule has 0 aliphatic rings. The average molecular weight is 807 g/mol. The Morgan fingerprint density at radius 2 is 0.339 bits per heavy atom. The van der Waals surface area contributed by atoms with Crippen molar-refractivity contribution in [2.75, 3.05) is 33.8 Å². The standard InChI is InChI=1S/C56H46N4O2/c1-61-55-39-35-53(36-40-55)59(49-27-23-47(24-28-49)57(43-15-7-3-8-16-43)44-17-9-4-10-18-44)51-31-33-52(34-32-51)60(54-37-41-56(62-2)42-38-54)50-29-25-48(26-30-50)58(45-19-11-5-12-20-45)46-21-13-6-14-22-46/h3-42H,1-2H3. The van der Waals surface area contributed by atoms with Crippen LogP contribution in [0, 0.1) is 0 Å². The van der Waals surface area contributed by atoms with Crippen LogP contribution in [0.3, 0.4) is 0 Å². The molecular formula is C56H46N4O2. The van der Waals surface area contributed by atoms with Gasteiger partial charge in [0.1, 0.15) is 11.5 Å². The lowest BCUT2D eigenvalue weighted by molar-refractivity contribution is 0.414. The fraction of sp³-hybridized carbons (Fsp3) is 0.0357. The lowest BCUT2D eigenvalue weighted by Crippen LogP contribution is -2.13. The molecule has 9 aromatic rings. The Labute approximate surface area is 364 Å². The molecule has 6 nitrogen and oxygen atoms in total. The minimum absolute atomic E-state index is 0.803. The second-order valence-electron chi connectivity index (χ2n) is 14.6. The maximum absolute atomic E-state index is 5.55. The Hall–Kier alpha value is -8.22. The third-order valence-corrected chi connectivity index (χ3v) is 10.8. The van der Waals surface area contributed by atoms with Gasteiger partial charge in [-0.3, -0.25) is 0 Å². The van der Waals surface area contributed by atoms with Gasteiger partial charge in [0.15, 0.2) is 0 Å². The molecule has 0 atom stereocenters. The van der Waals surface area contributed by atoms with E-state index in [0.29, 0.717) is 0 Å². The molecular weight excluding hydrogens is 761 g/mol. The van der Waals surface area contributed by atoms with Crippen LogP contribution >= 0.6 is 0 Å². The van der Waals surface area contributed by atoms with E-state index in [-0.39, 0.29) is 0 Å². The Morgan fingerprint density at radius 3 is 0.500 bits per heavy atom. The van der Waals surface area contributed by atoms with Gasteiger partial charge in [0.05, 0.1) is 14.2 Å². The fourth-order valence-electron chi connectivity index (χ4n) is 7.81. The van der Waals surface area contributed by atoms with E-state index < -0.39 is 0 Å². The largest absolute Gasteiger partial charge is 0.497 e. The molecule has 62 heavy (non-hydrogen) atoms. The number of hydrogen-bond acceptors (Lipinski definition) is 6. The van der Waals surface area contributed by atoms with Crippen molar-refractivity contribution in [3.63, 3.8) is 0 Å². The first-order valence-electron chi connectivity index (χ1n) is 20.7. The molecule has 0 unspecified atom stereocenters. The Morgan fingerprint density at radius 1 is 0.194 bits per heavy atom. The normalized spacial score (nSPS) is 10.7. The van der Waals surface area contributed by atoms with Gasteiger partial charge in [0.25, 0.3) is 0 Å². The Kier molecular flexibility index (Phi) is 11.6. The number of nitrogens with zero attached hydrogens (tertiary/aromatic N) is 4. The SMILES string of the molecule is COc1ccc(N(c2ccc(N(c3ccccc3)c3ccccc3)cc2)c2ccc(N(c3ccc(OC)cc3)c3ccc(N(c4ccccc4)c4ccccc4)cc3)cc2)cc1. The minimum Gasteiger partial charge on any atom is -0.497 e. The zero-order valence-corrected chi connectivity index (χ0v) is 34.7. The summed E-state index contributed by atoms with van der Waals surface area (Å²) in [6.45, 7) is 0. The summed E-state index contributed by atoms with van der Waals surface area (Å²) in [5.41, 5.74) is 12.6. The van der Waals surface area contributed by atoms with Crippen molar-refractivity contribution in [2.45, 2.75) is 0 Å². The third-order valence-electron chi connectivity index (χ3n) is 10.8. The van der Waals surface area contributed by atoms with Crippen LogP contribution in [0.4, 0.5) is 68.2 Å². The average Bonchev–Trinajstić information content (AvgIpc) is 3.35. The monoisotopic (exact) mass is 806 g/mol. The summed E-state index contributed by atoms with van der Waals surface area (Å²) in [6, 6.07) is 84.5. The second-order valence-corrected chi connectivity index (χ2v) is 14.6. The number of benzene rings is 9. The maximum atomic E-state index is 5.55. The van der Waals surface area contributed by atoms with Gasteiger partial charge in [0, 0.05) is 68.2 Å². The summed E-state index contributed by atoms with van der Waals surface area (Å²) in [7, 11) is 3.39. The van der Waals surface area contributed by atoms with Gasteiger partial charge in [-0.2, -0.15) is 0 Å². The van der Waals surface area contributed by atoms with Crippen LogP contribution in [0.2, 0.25) is 0 Å². The number of methoxy groups -OCH3 is 2. The van der Waals surface area contributed by atoms with E-state index in [0.717, 1.165) is 79.7 Å². The summed E-state index contributed by atoms with van der Waals surface area (Å²) >= 11 is 0. The van der Waals surface area contributed by atoms with E-state index in [4.69, 9.17) is 9.47 Å². The third kappa shape index (κ3) is 8.44. The van der Waals surface area contributed by atoms with Crippen LogP contribution in [0.25, 0.3) is 0 Å². The lowest BCUT2D eigenvalue weighted by atomic mass is 10.1. The number of hydrogen-bond donors (Lipinski definition) is 0. The van der Waals surface area contributed by atoms with Crippen LogP contribution in [-0.4, -0.2) is 14.2 Å². The van der Waals surface area contributed by atoms with E-state index in [1.54, 1.807) is 14.2 Å². The van der Waals surface area contributed by atoms with Gasteiger partial charge in [-0.15, -0.1) is 0 Å². The maximum Gasteiger partial charge on any atom is 0.119 e. The van der Waals surface area contributed by atoms with Crippen LogP contribution in [0.1, 0.15) is 0 Å². The highest BCUT2D eigenvalue weighted by molar-refractivity contribution is 5.85. The summed E-state index contributed by atoms with van der Waals surface area (Å²) in [6.07, 6.45) is 0. The summed E-state index contributed by atoms with van der Waals surface area (Å²) in [5, 5.41) is 0. The van der Waals surface area contributed by atoms with Gasteiger partial charge in [0.2, 0.25) is 0 Å². The van der Waals surface area contributed by atoms with E-state index in [2.05, 4.69) is 214 Å². The highest BCUT2D eigenvalue weighted by Gasteiger charge is 2.19. The molecule has 0 saturated carbocycles. The quantitative estimate of drug-likeness (QED) is 0.109. The molecule has 0 radical (unpaired) electrons. The van der Waals surface area contributed by atoms with E-state index in [1.807, 2.05) is 48.5 Å². The molecule has 0 N–H and O–H groups in total. The van der Waals surface area contributed by atoms with Crippen molar-refractivity contribution in [3.05, 3.63) is 243 Å². The van der Waals surface area contributed by atoms with E-state index in [1.165, 1.54) is 0 Å². The summed E-state index contributed by atoms with van der Waals surface area (Å²) < 4.78 is 11.1. The molecule has 9 aromatic carbocycles. The molecule has 0 heterocycles. The molecule has 0 aromatic heterocycles. The minimum atomic E-state index is 0.803. The van der Waals surface area contributed by atoms with Gasteiger partial charge < -0.3 is 29.1 Å². The molecule has 302 valence electrons. The van der Waals surface area contributed by atoms with E-state index >= 15 is 0 Å². The molecule has 0 aliphatic carbocycles. The van der Waals surface area contributed by atoms with E-state index in [9.17, 15) is 0 Å². The summed E-state index contributed by atoms with van der Waals surface area (Å²) in [5.74, 6) is 1.61. The molecule has 0 saturated heterocycles. The highest BCUT2D eigenvalue weighted by atomic mass is 16.5. The number of para-hydroxylation sites is 4. The van der Waals surface area contributed by atoms with Crippen LogP contribution < -0.4 is 29.1 Å². The van der Waals surface area contributed by atoms with Crippen molar-refractivity contribution < 1.29 is 9.47 Å². The molecule has 6 heteroatoms. The molecule has 0 spiro atoms. The van der Waals surface area contributed by atoms with Gasteiger partial charge in [-0.05, 0) is 170 Å². The van der Waals surface area contributed by atoms with Gasteiger partial charge in [-0.1, -0.05) is 72.8 Å². The first kappa shape index (κ1) is 39.3. The lowest BCUT2D eigenvalue weighted by Gasteiger charge is -2.30. The second kappa shape index (κ2) is 18.4. The Balaban J connectivity index is 1.09. The fourth-order valence-corrected chi connectivity index (χ4v) is 7.81. The zero-order valence-electron chi connectivity index (χ0n) is 34.7. The van der Waals surface area contributed by atoms with Crippen LogP contribution in [0.15, 0.2) is 243 Å². The summed E-state index contributed by atoms with van der Waals surface area (Å²) in [4.78, 5) is 9.10. The smallest absolute Gasteiger partial charge is 0.119 e. The Bertz CT molecular complexity index is 2490. The molecule has 0 bridgehead atoms. The molecule has 9 rings (SSSR count). The number of rotatable bonds is 14. The first-order chi connectivity index (χ1) is 30.7. The number of ether oxygens (including phenoxy) is 2.